The van der Waals surface area contributed by atoms with E-state index in [0.29, 0.717) is 5.92 Å². The number of nitrogens with one attached hydrogen (secondary N) is 1. The highest BCUT2D eigenvalue weighted by molar-refractivity contribution is 7.99. The number of ether oxygens (including phenoxy) is 1. The number of hydrogen-bond donors (Lipinski definition) is 5. The molecule has 3 rings (SSSR count). The van der Waals surface area contributed by atoms with Crippen molar-refractivity contribution in [3.8, 4) is 0 Å². The summed E-state index contributed by atoms with van der Waals surface area (Å²) in [5.41, 5.74) is 0.550. The first kappa shape index (κ1) is 25.5. The fourth-order valence-electron chi connectivity index (χ4n) is 4.93. The summed E-state index contributed by atoms with van der Waals surface area (Å²) in [5.74, 6) is 0.162. The van der Waals surface area contributed by atoms with Crippen LogP contribution in [0.25, 0.3) is 0 Å². The molecule has 8 heteroatoms. The normalized spacial score (nSPS) is 35.1. The molecule has 1 aliphatic heterocycles. The summed E-state index contributed by atoms with van der Waals surface area (Å²) in [7, 11) is 0. The molecule has 32 heavy (non-hydrogen) atoms. The first-order valence-corrected chi connectivity index (χ1v) is 12.9. The third-order valence-electron chi connectivity index (χ3n) is 6.86. The fourth-order valence-corrected chi connectivity index (χ4v) is 5.61. The highest BCUT2D eigenvalue weighted by atomic mass is 32.2. The van der Waals surface area contributed by atoms with Crippen LogP contribution < -0.4 is 5.32 Å². The van der Waals surface area contributed by atoms with Gasteiger partial charge in [-0.15, -0.1) is 11.8 Å². The lowest BCUT2D eigenvalue weighted by Gasteiger charge is -2.44. The number of thioether (sulfide) groups is 1. The molecule has 2 unspecified atom stereocenters. The predicted molar refractivity (Wildman–Crippen MR) is 124 cm³/mol. The summed E-state index contributed by atoms with van der Waals surface area (Å²) in [4.78, 5) is 13.1. The lowest BCUT2D eigenvalue weighted by atomic mass is 9.78. The quantitative estimate of drug-likeness (QED) is 0.393. The van der Waals surface area contributed by atoms with Crippen molar-refractivity contribution < 1.29 is 30.0 Å². The summed E-state index contributed by atoms with van der Waals surface area (Å²) < 4.78 is 5.78. The smallest absolute Gasteiger partial charge is 0.223 e. The van der Waals surface area contributed by atoms with Crippen LogP contribution in [-0.2, 0) is 16.0 Å². The summed E-state index contributed by atoms with van der Waals surface area (Å²) in [6, 6.07) is 9.46. The van der Waals surface area contributed by atoms with E-state index in [0.717, 1.165) is 38.5 Å². The molecule has 1 saturated heterocycles. The average molecular weight is 468 g/mol. The van der Waals surface area contributed by atoms with E-state index >= 15 is 0 Å². The van der Waals surface area contributed by atoms with Crippen LogP contribution in [0.2, 0.25) is 0 Å². The molecule has 1 heterocycles. The Bertz CT molecular complexity index is 718. The highest BCUT2D eigenvalue weighted by Crippen LogP contribution is 2.33. The highest BCUT2D eigenvalue weighted by Gasteiger charge is 2.48. The van der Waals surface area contributed by atoms with E-state index in [1.165, 1.54) is 24.2 Å². The monoisotopic (exact) mass is 467 g/mol. The van der Waals surface area contributed by atoms with E-state index in [1.807, 2.05) is 18.2 Å². The lowest BCUT2D eigenvalue weighted by Crippen LogP contribution is -2.65. The van der Waals surface area contributed by atoms with Gasteiger partial charge in [0.05, 0.1) is 12.1 Å². The molecule has 180 valence electrons. The molecule has 5 N–H and O–H groups in total. The maximum absolute atomic E-state index is 13.1. The van der Waals surface area contributed by atoms with Gasteiger partial charge in [0.2, 0.25) is 5.91 Å². The lowest BCUT2D eigenvalue weighted by molar-refractivity contribution is -0.211. The maximum atomic E-state index is 13.1. The Morgan fingerprint density at radius 1 is 1.16 bits per heavy atom. The van der Waals surface area contributed by atoms with Crippen molar-refractivity contribution in [2.24, 2.45) is 11.8 Å². The molecule has 0 bridgehead atoms. The Kier molecular flexibility index (Phi) is 9.40. The number of benzene rings is 1. The molecule has 0 radical (unpaired) electrons. The largest absolute Gasteiger partial charge is 0.391 e. The first-order chi connectivity index (χ1) is 15.3. The van der Waals surface area contributed by atoms with Crippen LogP contribution in [-0.4, -0.2) is 74.6 Å². The molecule has 1 aromatic carbocycles. The minimum absolute atomic E-state index is 0.154. The van der Waals surface area contributed by atoms with Crippen molar-refractivity contribution in [3.05, 3.63) is 35.9 Å². The van der Waals surface area contributed by atoms with E-state index in [1.54, 1.807) is 6.26 Å². The number of aliphatic hydroxyl groups excluding tert-OH is 4. The van der Waals surface area contributed by atoms with Crippen molar-refractivity contribution in [1.82, 2.24) is 5.32 Å². The SMILES string of the molecule is CS[C@H]1O[C@H]([C@H](NC(=O)C2CCCC(CCc3ccccc3)C2)[C@@H](C)O)[C@H](O)[C@H](O)[C@H]1O. The molecule has 0 spiro atoms. The van der Waals surface area contributed by atoms with Gasteiger partial charge in [-0.05, 0) is 50.3 Å². The second-order valence-corrected chi connectivity index (χ2v) is 10.1. The summed E-state index contributed by atoms with van der Waals surface area (Å²) in [5, 5.41) is 44.0. The van der Waals surface area contributed by atoms with Crippen LogP contribution in [0, 0.1) is 11.8 Å². The number of rotatable bonds is 8. The third kappa shape index (κ3) is 6.24. The number of aryl methyl sites for hydroxylation is 1. The Hall–Kier alpha value is -1.16. The minimum Gasteiger partial charge on any atom is -0.391 e. The van der Waals surface area contributed by atoms with Crippen LogP contribution in [0.15, 0.2) is 30.3 Å². The zero-order valence-electron chi connectivity index (χ0n) is 18.8. The van der Waals surface area contributed by atoms with Crippen molar-refractivity contribution in [1.29, 1.82) is 0 Å². The Morgan fingerprint density at radius 3 is 2.53 bits per heavy atom. The molecule has 7 nitrogen and oxygen atoms in total. The van der Waals surface area contributed by atoms with Gasteiger partial charge >= 0.3 is 0 Å². The van der Waals surface area contributed by atoms with Crippen LogP contribution in [0.1, 0.15) is 44.6 Å². The second-order valence-electron chi connectivity index (χ2n) is 9.21. The average Bonchev–Trinajstić information content (AvgIpc) is 2.81. The molecular formula is C24H37NO6S. The number of aliphatic hydroxyl groups is 4. The summed E-state index contributed by atoms with van der Waals surface area (Å²) in [6.45, 7) is 1.52. The standard InChI is InChI=1S/C24H37NO6S/c1-14(26)18(22-20(28)19(27)21(29)24(31-22)32-2)25-23(30)17-10-6-9-16(13-17)12-11-15-7-4-3-5-8-15/h3-5,7-8,14,16-22,24,26-29H,6,9-13H2,1-2H3,(H,25,30)/t14-,16?,17?,18-,19+,20-,21-,22-,24-/m1/s1. The van der Waals surface area contributed by atoms with Crippen LogP contribution in [0.4, 0.5) is 0 Å². The summed E-state index contributed by atoms with van der Waals surface area (Å²) >= 11 is 1.21. The van der Waals surface area contributed by atoms with Crippen molar-refractivity contribution in [3.63, 3.8) is 0 Å². The summed E-state index contributed by atoms with van der Waals surface area (Å²) in [6.07, 6.45) is 1.35. The van der Waals surface area contributed by atoms with Crippen LogP contribution in [0.3, 0.4) is 0 Å². The topological polar surface area (TPSA) is 119 Å². The molecule has 1 saturated carbocycles. The predicted octanol–water partition coefficient (Wildman–Crippen LogP) is 1.46. The van der Waals surface area contributed by atoms with Gasteiger partial charge < -0.3 is 30.5 Å². The van der Waals surface area contributed by atoms with Crippen molar-refractivity contribution in [2.45, 2.75) is 87.4 Å². The Labute approximate surface area is 194 Å². The Balaban J connectivity index is 1.60. The van der Waals surface area contributed by atoms with Gasteiger partial charge in [-0.25, -0.2) is 0 Å². The van der Waals surface area contributed by atoms with Gasteiger partial charge in [0.25, 0.3) is 0 Å². The number of carbonyl (C=O) groups is 1. The zero-order chi connectivity index (χ0) is 23.3. The number of amides is 1. The molecular weight excluding hydrogens is 430 g/mol. The molecule has 1 aliphatic carbocycles. The molecule has 2 aliphatic rings. The van der Waals surface area contributed by atoms with E-state index < -0.39 is 42.0 Å². The van der Waals surface area contributed by atoms with Crippen molar-refractivity contribution in [2.75, 3.05) is 6.26 Å². The zero-order valence-corrected chi connectivity index (χ0v) is 19.7. The molecule has 9 atom stereocenters. The van der Waals surface area contributed by atoms with E-state index in [2.05, 4.69) is 17.4 Å². The van der Waals surface area contributed by atoms with Crippen molar-refractivity contribution >= 4 is 17.7 Å². The van der Waals surface area contributed by atoms with Crippen LogP contribution >= 0.6 is 11.8 Å². The van der Waals surface area contributed by atoms with Gasteiger partial charge in [-0.3, -0.25) is 4.79 Å². The minimum atomic E-state index is -1.42. The molecule has 0 aromatic heterocycles. The molecule has 2 fully saturated rings. The van der Waals surface area contributed by atoms with E-state index in [9.17, 15) is 25.2 Å². The van der Waals surface area contributed by atoms with Gasteiger partial charge in [-0.1, -0.05) is 43.2 Å². The van der Waals surface area contributed by atoms with Gasteiger partial charge in [0.15, 0.2) is 0 Å². The molecule has 1 aromatic rings. The fraction of sp³-hybridized carbons (Fsp3) is 0.708. The second kappa shape index (κ2) is 11.8. The van der Waals surface area contributed by atoms with Gasteiger partial charge in [0, 0.05) is 5.92 Å². The maximum Gasteiger partial charge on any atom is 0.223 e. The van der Waals surface area contributed by atoms with Crippen LogP contribution in [0.5, 0.6) is 0 Å². The number of hydrogen-bond acceptors (Lipinski definition) is 7. The first-order valence-electron chi connectivity index (χ1n) is 11.6. The van der Waals surface area contributed by atoms with E-state index in [4.69, 9.17) is 4.74 Å². The van der Waals surface area contributed by atoms with E-state index in [-0.39, 0.29) is 11.8 Å². The van der Waals surface area contributed by atoms with Gasteiger partial charge in [0.1, 0.15) is 29.9 Å². The Morgan fingerprint density at radius 2 is 1.88 bits per heavy atom. The molecule has 1 amide bonds. The van der Waals surface area contributed by atoms with Gasteiger partial charge in [-0.2, -0.15) is 0 Å². The third-order valence-corrected chi connectivity index (χ3v) is 7.71. The number of carbonyl (C=O) groups excluding carboxylic acids is 1.